The molecule has 0 bridgehead atoms. The van der Waals surface area contributed by atoms with Crippen LogP contribution in [0.5, 0.6) is 0 Å². The molecule has 2 aromatic rings. The smallest absolute Gasteiger partial charge is 0.151 e. The van der Waals surface area contributed by atoms with E-state index in [-0.39, 0.29) is 0 Å². The van der Waals surface area contributed by atoms with Crippen molar-refractivity contribution in [3.63, 3.8) is 0 Å². The molecule has 0 fully saturated rings. The highest BCUT2D eigenvalue weighted by Gasteiger charge is 2.06. The number of carbonyl (C=O) groups excluding carboxylic acids is 1. The summed E-state index contributed by atoms with van der Waals surface area (Å²) in [7, 11) is 1.57. The Kier molecular flexibility index (Phi) is 5.27. The van der Waals surface area contributed by atoms with E-state index >= 15 is 0 Å². The molecule has 0 aliphatic rings. The minimum atomic E-state index is 0.622. The van der Waals surface area contributed by atoms with Gasteiger partial charge in [-0.15, -0.1) is 0 Å². The Morgan fingerprint density at radius 1 is 1.50 bits per heavy atom. The molecule has 2 aromatic heterocycles. The van der Waals surface area contributed by atoms with E-state index in [2.05, 4.69) is 26.2 Å². The molecular weight excluding hydrogens is 335 g/mol. The van der Waals surface area contributed by atoms with Crippen LogP contribution < -0.4 is 0 Å². The number of hydrogen-bond acceptors (Lipinski definition) is 3. The third-order valence-electron chi connectivity index (χ3n) is 2.04. The standard InChI is InChI=1S/C9H7IN2OS.C2H6/c1-6-4-12(14-10)9-8(6)2-7(5-13)3-11-9;1-2/h2-5H,1H3;1-2H3. The van der Waals surface area contributed by atoms with Crippen LogP contribution in [0.15, 0.2) is 18.5 Å². The number of aldehydes is 1. The highest BCUT2D eigenvalue weighted by atomic mass is 127. The first-order valence-electron chi connectivity index (χ1n) is 4.98. The minimum absolute atomic E-state index is 0.622. The lowest BCUT2D eigenvalue weighted by Gasteiger charge is -1.96. The van der Waals surface area contributed by atoms with Gasteiger partial charge < -0.3 is 0 Å². The van der Waals surface area contributed by atoms with E-state index in [0.29, 0.717) is 5.56 Å². The summed E-state index contributed by atoms with van der Waals surface area (Å²) in [4.78, 5) is 14.8. The van der Waals surface area contributed by atoms with Crippen molar-refractivity contribution in [2.75, 3.05) is 0 Å². The summed E-state index contributed by atoms with van der Waals surface area (Å²) in [5, 5.41) is 1.04. The zero-order valence-corrected chi connectivity index (χ0v) is 12.4. The van der Waals surface area contributed by atoms with Crippen LogP contribution in [-0.4, -0.2) is 15.2 Å². The lowest BCUT2D eigenvalue weighted by atomic mass is 10.2. The van der Waals surface area contributed by atoms with Gasteiger partial charge in [0.25, 0.3) is 0 Å². The first-order chi connectivity index (χ1) is 7.76. The van der Waals surface area contributed by atoms with E-state index in [1.807, 2.05) is 37.0 Å². The zero-order valence-electron chi connectivity index (χ0n) is 9.40. The molecule has 86 valence electrons. The number of aryl methyl sites for hydroxylation is 1. The number of hydrogen-bond donors (Lipinski definition) is 0. The van der Waals surface area contributed by atoms with E-state index in [4.69, 9.17) is 0 Å². The monoisotopic (exact) mass is 348 g/mol. The summed E-state index contributed by atoms with van der Waals surface area (Å²) >= 11 is 2.20. The van der Waals surface area contributed by atoms with E-state index in [1.54, 1.807) is 15.3 Å². The zero-order chi connectivity index (χ0) is 12.1. The first kappa shape index (κ1) is 13.5. The predicted molar refractivity (Wildman–Crippen MR) is 78.2 cm³/mol. The third-order valence-corrected chi connectivity index (χ3v) is 3.74. The molecule has 16 heavy (non-hydrogen) atoms. The van der Waals surface area contributed by atoms with Gasteiger partial charge in [0.2, 0.25) is 0 Å². The normalized spacial score (nSPS) is 9.75. The van der Waals surface area contributed by atoms with Gasteiger partial charge in [-0.25, -0.2) is 4.98 Å². The molecule has 0 saturated carbocycles. The maximum absolute atomic E-state index is 10.6. The van der Waals surface area contributed by atoms with Gasteiger partial charge in [-0.1, -0.05) is 13.8 Å². The Morgan fingerprint density at radius 2 is 2.19 bits per heavy atom. The number of pyridine rings is 1. The summed E-state index contributed by atoms with van der Waals surface area (Å²) in [6, 6.07) is 1.87. The number of halogens is 1. The van der Waals surface area contributed by atoms with Crippen LogP contribution >= 0.6 is 30.3 Å². The Bertz CT molecular complexity index is 496. The highest BCUT2D eigenvalue weighted by molar-refractivity contribution is 14.2. The molecule has 0 radical (unpaired) electrons. The van der Waals surface area contributed by atoms with E-state index in [1.165, 1.54) is 0 Å². The van der Waals surface area contributed by atoms with Crippen LogP contribution in [0.3, 0.4) is 0 Å². The van der Waals surface area contributed by atoms with Crippen LogP contribution in [0.4, 0.5) is 0 Å². The van der Waals surface area contributed by atoms with Crippen molar-refractivity contribution in [3.8, 4) is 0 Å². The lowest BCUT2D eigenvalue weighted by molar-refractivity contribution is 0.112. The van der Waals surface area contributed by atoms with Crippen LogP contribution in [0.1, 0.15) is 29.8 Å². The van der Waals surface area contributed by atoms with Gasteiger partial charge in [-0.2, -0.15) is 0 Å². The van der Waals surface area contributed by atoms with Crippen molar-refractivity contribution in [1.29, 1.82) is 0 Å². The topological polar surface area (TPSA) is 34.9 Å². The van der Waals surface area contributed by atoms with Crippen molar-refractivity contribution in [2.24, 2.45) is 0 Å². The van der Waals surface area contributed by atoms with E-state index < -0.39 is 0 Å². The second kappa shape index (κ2) is 6.24. The molecule has 2 rings (SSSR count). The number of nitrogens with zero attached hydrogens (tertiary/aromatic N) is 2. The second-order valence-corrected chi connectivity index (χ2v) is 4.68. The lowest BCUT2D eigenvalue weighted by Crippen LogP contribution is -1.86. The van der Waals surface area contributed by atoms with Gasteiger partial charge in [0.15, 0.2) is 11.9 Å². The Morgan fingerprint density at radius 3 is 2.75 bits per heavy atom. The SMILES string of the molecule is CC.Cc1cn(SI)c2ncc(C=O)cc12. The first-order valence-corrected chi connectivity index (χ1v) is 8.30. The summed E-state index contributed by atoms with van der Waals surface area (Å²) in [5.41, 5.74) is 2.67. The van der Waals surface area contributed by atoms with Crippen molar-refractivity contribution in [3.05, 3.63) is 29.6 Å². The van der Waals surface area contributed by atoms with Gasteiger partial charge in [-0.05, 0) is 18.6 Å². The molecule has 0 unspecified atom stereocenters. The molecule has 2 heterocycles. The Balaban J connectivity index is 0.000000606. The maximum atomic E-state index is 10.6. The molecule has 0 atom stereocenters. The van der Waals surface area contributed by atoms with Crippen LogP contribution in [0, 0.1) is 6.92 Å². The molecule has 0 N–H and O–H groups in total. The average molecular weight is 348 g/mol. The number of carbonyl (C=O) groups is 1. The highest BCUT2D eigenvalue weighted by Crippen LogP contribution is 2.26. The Labute approximate surface area is 111 Å². The van der Waals surface area contributed by atoms with Gasteiger partial charge in [0.05, 0.1) is 0 Å². The minimum Gasteiger partial charge on any atom is -0.298 e. The molecule has 0 aromatic carbocycles. The predicted octanol–water partition coefficient (Wildman–Crippen LogP) is 4.03. The van der Waals surface area contributed by atoms with Crippen molar-refractivity contribution in [1.82, 2.24) is 8.96 Å². The molecular formula is C11H13IN2OS. The largest absolute Gasteiger partial charge is 0.298 e. The summed E-state index contributed by atoms with van der Waals surface area (Å²) in [5.74, 6) is 0. The van der Waals surface area contributed by atoms with Crippen LogP contribution in [0.25, 0.3) is 11.0 Å². The molecule has 0 aliphatic heterocycles. The van der Waals surface area contributed by atoms with Gasteiger partial charge in [-0.3, -0.25) is 8.77 Å². The van der Waals surface area contributed by atoms with Crippen LogP contribution in [-0.2, 0) is 0 Å². The van der Waals surface area contributed by atoms with Crippen molar-refractivity contribution >= 4 is 47.6 Å². The third kappa shape index (κ3) is 2.57. The van der Waals surface area contributed by atoms with E-state index in [9.17, 15) is 4.79 Å². The number of fused-ring (bicyclic) bond motifs is 1. The fourth-order valence-corrected chi connectivity index (χ4v) is 2.67. The van der Waals surface area contributed by atoms with Crippen LogP contribution in [0.2, 0.25) is 0 Å². The van der Waals surface area contributed by atoms with Gasteiger partial charge >= 0.3 is 0 Å². The summed E-state index contributed by atoms with van der Waals surface area (Å²) in [6.45, 7) is 6.02. The molecule has 0 amide bonds. The van der Waals surface area contributed by atoms with E-state index in [0.717, 1.165) is 22.9 Å². The van der Waals surface area contributed by atoms with Crippen molar-refractivity contribution in [2.45, 2.75) is 20.8 Å². The molecule has 3 nitrogen and oxygen atoms in total. The van der Waals surface area contributed by atoms with Gasteiger partial charge in [0.1, 0.15) is 0 Å². The molecule has 0 aliphatic carbocycles. The number of rotatable bonds is 2. The van der Waals surface area contributed by atoms with Gasteiger partial charge in [0, 0.05) is 53.7 Å². The number of aromatic nitrogens is 2. The molecule has 5 heteroatoms. The quantitative estimate of drug-likeness (QED) is 0.607. The van der Waals surface area contributed by atoms with Crippen molar-refractivity contribution < 1.29 is 4.79 Å². The summed E-state index contributed by atoms with van der Waals surface area (Å²) < 4.78 is 1.99. The fraction of sp³-hybridized carbons (Fsp3) is 0.273. The molecule has 0 spiro atoms. The second-order valence-electron chi connectivity index (χ2n) is 2.96. The summed E-state index contributed by atoms with van der Waals surface area (Å²) in [6.07, 6.45) is 4.43. The molecule has 0 saturated heterocycles. The fourth-order valence-electron chi connectivity index (χ4n) is 1.36. The average Bonchev–Trinajstić information content (AvgIpc) is 2.68. The maximum Gasteiger partial charge on any atom is 0.151 e. The Hall–Kier alpha value is -0.560.